The molecule has 0 aliphatic rings. The molecule has 3 N–H and O–H groups in total. The van der Waals surface area contributed by atoms with E-state index in [0.717, 1.165) is 11.1 Å². The molecule has 0 spiro atoms. The Balaban J connectivity index is 1.94. The Kier molecular flexibility index (Phi) is 16.0. The minimum Gasteiger partial charge on any atom is -0.458 e. The van der Waals surface area contributed by atoms with Gasteiger partial charge in [-0.25, -0.2) is 19.2 Å². The third-order valence-electron chi connectivity index (χ3n) is 6.41. The van der Waals surface area contributed by atoms with E-state index in [0.29, 0.717) is 12.8 Å². The first-order chi connectivity index (χ1) is 22.1. The van der Waals surface area contributed by atoms with Gasteiger partial charge in [0.25, 0.3) is 0 Å². The van der Waals surface area contributed by atoms with Crippen LogP contribution in [0.4, 0.5) is 14.4 Å². The molecular weight excluding hydrogens is 606 g/mol. The topological polar surface area (TPSA) is 153 Å². The number of nitrogens with one attached hydrogen (secondary N) is 2. The maximum absolute atomic E-state index is 13.1. The van der Waals surface area contributed by atoms with Crippen molar-refractivity contribution in [2.75, 3.05) is 19.6 Å². The summed E-state index contributed by atoms with van der Waals surface area (Å²) in [5.74, 6) is -0.590. The van der Waals surface area contributed by atoms with Crippen molar-refractivity contribution in [3.63, 3.8) is 0 Å². The highest BCUT2D eigenvalue weighted by Crippen LogP contribution is 2.14. The smallest absolute Gasteiger partial charge is 0.410 e. The fourth-order valence-corrected chi connectivity index (χ4v) is 4.25. The number of esters is 1. The molecule has 0 saturated carbocycles. The van der Waals surface area contributed by atoms with Crippen LogP contribution in [0, 0.1) is 0 Å². The zero-order valence-corrected chi connectivity index (χ0v) is 28.5. The van der Waals surface area contributed by atoms with Crippen molar-refractivity contribution in [2.45, 2.75) is 104 Å². The highest BCUT2D eigenvalue weighted by molar-refractivity contribution is 5.81. The Hall–Kier alpha value is -4.32. The summed E-state index contributed by atoms with van der Waals surface area (Å²) in [7, 11) is 0. The van der Waals surface area contributed by atoms with Crippen molar-refractivity contribution >= 4 is 24.2 Å². The molecule has 0 aliphatic carbocycles. The molecule has 0 unspecified atom stereocenters. The van der Waals surface area contributed by atoms with Crippen LogP contribution in [-0.2, 0) is 37.0 Å². The minimum absolute atomic E-state index is 0.0416. The average Bonchev–Trinajstić information content (AvgIpc) is 2.99. The summed E-state index contributed by atoms with van der Waals surface area (Å²) in [6.45, 7) is 10.9. The van der Waals surface area contributed by atoms with Gasteiger partial charge >= 0.3 is 24.2 Å². The Morgan fingerprint density at radius 1 is 0.745 bits per heavy atom. The Morgan fingerprint density at radius 2 is 1.30 bits per heavy atom. The molecular formula is C35H51N3O9. The number of hydrogen-bond acceptors (Lipinski definition) is 9. The molecule has 2 atom stereocenters. The van der Waals surface area contributed by atoms with Gasteiger partial charge in [-0.2, -0.15) is 0 Å². The van der Waals surface area contributed by atoms with E-state index in [1.54, 1.807) is 41.5 Å². The number of hydrogen-bond donors (Lipinski definition) is 3. The molecule has 2 rings (SSSR count). The van der Waals surface area contributed by atoms with Gasteiger partial charge in [0.1, 0.15) is 30.5 Å². The summed E-state index contributed by atoms with van der Waals surface area (Å²) in [6, 6.07) is 17.5. The SMILES string of the molecule is CC(C)(C)OC(=O)N[C@@H](CCCCN(C[C@@H](O)CCNC(=O)OCc1ccccc1)C(=O)OCc1ccccc1)C(=O)OC(C)(C)C. The summed E-state index contributed by atoms with van der Waals surface area (Å²) in [6.07, 6.45) is -1.64. The minimum atomic E-state index is -0.961. The lowest BCUT2D eigenvalue weighted by Gasteiger charge is -2.27. The second-order valence-electron chi connectivity index (χ2n) is 13.1. The summed E-state index contributed by atoms with van der Waals surface area (Å²) < 4.78 is 21.5. The molecule has 2 aromatic rings. The van der Waals surface area contributed by atoms with Gasteiger partial charge in [-0.15, -0.1) is 0 Å². The van der Waals surface area contributed by atoms with E-state index in [1.807, 2.05) is 60.7 Å². The second-order valence-corrected chi connectivity index (χ2v) is 13.1. The molecule has 0 saturated heterocycles. The van der Waals surface area contributed by atoms with E-state index in [2.05, 4.69) is 10.6 Å². The van der Waals surface area contributed by atoms with Gasteiger partial charge < -0.3 is 39.6 Å². The molecule has 0 radical (unpaired) electrons. The summed E-state index contributed by atoms with van der Waals surface area (Å²) >= 11 is 0. The molecule has 260 valence electrons. The molecule has 12 heteroatoms. The predicted octanol–water partition coefficient (Wildman–Crippen LogP) is 5.71. The normalized spacial score (nSPS) is 12.7. The van der Waals surface area contributed by atoms with E-state index in [-0.39, 0.29) is 45.7 Å². The van der Waals surface area contributed by atoms with Crippen LogP contribution in [-0.4, -0.2) is 77.2 Å². The maximum Gasteiger partial charge on any atom is 0.410 e. The van der Waals surface area contributed by atoms with Crippen LogP contribution in [0.2, 0.25) is 0 Å². The Bertz CT molecular complexity index is 1240. The number of aliphatic hydroxyl groups excluding tert-OH is 1. The lowest BCUT2D eigenvalue weighted by molar-refractivity contribution is -0.157. The van der Waals surface area contributed by atoms with Crippen LogP contribution in [0.1, 0.15) is 78.4 Å². The highest BCUT2D eigenvalue weighted by Gasteiger charge is 2.29. The molecule has 47 heavy (non-hydrogen) atoms. The van der Waals surface area contributed by atoms with E-state index in [1.165, 1.54) is 4.90 Å². The zero-order chi connectivity index (χ0) is 34.9. The number of ether oxygens (including phenoxy) is 4. The molecule has 3 amide bonds. The molecule has 0 heterocycles. The lowest BCUT2D eigenvalue weighted by atomic mass is 10.1. The predicted molar refractivity (Wildman–Crippen MR) is 176 cm³/mol. The number of carbonyl (C=O) groups excluding carboxylic acids is 4. The average molecular weight is 658 g/mol. The third-order valence-corrected chi connectivity index (χ3v) is 6.41. The molecule has 0 aliphatic heterocycles. The summed E-state index contributed by atoms with van der Waals surface area (Å²) in [5, 5.41) is 15.9. The number of alkyl carbamates (subject to hydrolysis) is 2. The van der Waals surface area contributed by atoms with Crippen molar-refractivity contribution in [2.24, 2.45) is 0 Å². The highest BCUT2D eigenvalue weighted by atomic mass is 16.6. The molecule has 0 aromatic heterocycles. The van der Waals surface area contributed by atoms with E-state index >= 15 is 0 Å². The molecule has 0 fully saturated rings. The van der Waals surface area contributed by atoms with Gasteiger partial charge in [-0.3, -0.25) is 0 Å². The number of amides is 3. The second kappa shape index (κ2) is 19.4. The van der Waals surface area contributed by atoms with Gasteiger partial charge in [0, 0.05) is 19.6 Å². The first kappa shape index (κ1) is 38.9. The van der Waals surface area contributed by atoms with E-state index < -0.39 is 47.6 Å². The van der Waals surface area contributed by atoms with Crippen molar-refractivity contribution in [3.8, 4) is 0 Å². The lowest BCUT2D eigenvalue weighted by Crippen LogP contribution is -2.46. The first-order valence-electron chi connectivity index (χ1n) is 15.9. The zero-order valence-electron chi connectivity index (χ0n) is 28.5. The van der Waals surface area contributed by atoms with Crippen LogP contribution in [0.25, 0.3) is 0 Å². The number of nitrogens with zero attached hydrogens (tertiary/aromatic N) is 1. The van der Waals surface area contributed by atoms with Crippen LogP contribution in [0.3, 0.4) is 0 Å². The quantitative estimate of drug-likeness (QED) is 0.117. The molecule has 2 aromatic carbocycles. The fraction of sp³-hybridized carbons (Fsp3) is 0.543. The van der Waals surface area contributed by atoms with Crippen LogP contribution >= 0.6 is 0 Å². The van der Waals surface area contributed by atoms with Gasteiger partial charge in [0.2, 0.25) is 0 Å². The van der Waals surface area contributed by atoms with Crippen molar-refractivity contribution in [3.05, 3.63) is 71.8 Å². The molecule has 12 nitrogen and oxygen atoms in total. The number of unbranched alkanes of at least 4 members (excludes halogenated alkanes) is 1. The largest absolute Gasteiger partial charge is 0.458 e. The van der Waals surface area contributed by atoms with Gasteiger partial charge in [0.15, 0.2) is 0 Å². The van der Waals surface area contributed by atoms with Crippen LogP contribution in [0.5, 0.6) is 0 Å². The maximum atomic E-state index is 13.1. The van der Waals surface area contributed by atoms with Crippen molar-refractivity contribution in [1.29, 1.82) is 0 Å². The fourth-order valence-electron chi connectivity index (χ4n) is 4.25. The van der Waals surface area contributed by atoms with E-state index in [9.17, 15) is 24.3 Å². The number of carbonyl (C=O) groups is 4. The number of benzene rings is 2. The first-order valence-corrected chi connectivity index (χ1v) is 15.9. The molecule has 0 bridgehead atoms. The number of rotatable bonds is 16. The Labute approximate surface area is 278 Å². The van der Waals surface area contributed by atoms with Gasteiger partial charge in [-0.1, -0.05) is 60.7 Å². The van der Waals surface area contributed by atoms with E-state index in [4.69, 9.17) is 18.9 Å². The van der Waals surface area contributed by atoms with Gasteiger partial charge in [-0.05, 0) is 78.4 Å². The van der Waals surface area contributed by atoms with Crippen molar-refractivity contribution < 1.29 is 43.2 Å². The van der Waals surface area contributed by atoms with Crippen LogP contribution in [0.15, 0.2) is 60.7 Å². The summed E-state index contributed by atoms with van der Waals surface area (Å²) in [4.78, 5) is 51.9. The number of aliphatic hydroxyl groups is 1. The standard InChI is InChI=1S/C35H51N3O9/c1-34(2,3)46-30(40)29(37-32(42)47-35(4,5)6)19-13-14-22-38(33(43)45-25-27-17-11-8-12-18-27)23-28(39)20-21-36-31(41)44-24-26-15-9-7-10-16-26/h7-12,15-18,28-29,39H,13-14,19-25H2,1-6H3,(H,36,41)(H,37,42)/t28-,29-/m0/s1. The third kappa shape index (κ3) is 17.8. The van der Waals surface area contributed by atoms with Gasteiger partial charge in [0.05, 0.1) is 6.10 Å². The monoisotopic (exact) mass is 657 g/mol. The summed E-state index contributed by atoms with van der Waals surface area (Å²) in [5.41, 5.74) is 0.161. The Morgan fingerprint density at radius 3 is 1.85 bits per heavy atom. The van der Waals surface area contributed by atoms with Crippen LogP contribution < -0.4 is 10.6 Å². The van der Waals surface area contributed by atoms with Crippen molar-refractivity contribution in [1.82, 2.24) is 15.5 Å².